The highest BCUT2D eigenvalue weighted by Crippen LogP contribution is 2.49. The van der Waals surface area contributed by atoms with Crippen LogP contribution in [0.5, 0.6) is 0 Å². The van der Waals surface area contributed by atoms with E-state index in [0.29, 0.717) is 5.56 Å². The van der Waals surface area contributed by atoms with Crippen LogP contribution in [0, 0.1) is 16.0 Å². The third-order valence-electron chi connectivity index (χ3n) is 5.27. The molecule has 3 atom stereocenters. The lowest BCUT2D eigenvalue weighted by Crippen LogP contribution is -2.30. The van der Waals surface area contributed by atoms with Crippen molar-refractivity contribution in [3.05, 3.63) is 106 Å². The van der Waals surface area contributed by atoms with Gasteiger partial charge < -0.3 is 4.74 Å². The summed E-state index contributed by atoms with van der Waals surface area (Å²) in [5.41, 5.74) is 2.13. The molecule has 0 radical (unpaired) electrons. The summed E-state index contributed by atoms with van der Waals surface area (Å²) < 4.78 is 5.41. The molecule has 0 N–H and O–H groups in total. The standard InChI is InChI=1S/C24H22N2O5/c1-2-30-24(27)21-22(18-12-9-15-20(16-18)26(28)29)25(19-13-7-4-8-14-19)31-23(21)17-10-5-3-6-11-17/h3-16,21-23H,2H2,1H3. The van der Waals surface area contributed by atoms with E-state index in [4.69, 9.17) is 9.57 Å². The highest BCUT2D eigenvalue weighted by molar-refractivity contribution is 5.76. The number of rotatable bonds is 6. The van der Waals surface area contributed by atoms with Crippen LogP contribution in [0.2, 0.25) is 0 Å². The zero-order chi connectivity index (χ0) is 21.8. The summed E-state index contributed by atoms with van der Waals surface area (Å²) in [5, 5.41) is 13.1. The second-order valence-corrected chi connectivity index (χ2v) is 7.17. The molecule has 1 aliphatic heterocycles. The number of ether oxygens (including phenoxy) is 1. The van der Waals surface area contributed by atoms with Gasteiger partial charge in [-0.15, -0.1) is 0 Å². The van der Waals surface area contributed by atoms with E-state index < -0.39 is 29.0 Å². The SMILES string of the molecule is CCOC(=O)C1C(c2ccccc2)ON(c2ccccc2)C1c1cccc([N+](=O)[O-])c1. The van der Waals surface area contributed by atoms with E-state index in [1.54, 1.807) is 24.1 Å². The molecule has 4 rings (SSSR count). The van der Waals surface area contributed by atoms with E-state index in [0.717, 1.165) is 11.3 Å². The van der Waals surface area contributed by atoms with Gasteiger partial charge in [-0.25, -0.2) is 5.06 Å². The van der Waals surface area contributed by atoms with Crippen molar-refractivity contribution in [2.75, 3.05) is 11.7 Å². The molecule has 1 fully saturated rings. The predicted octanol–water partition coefficient (Wildman–Crippen LogP) is 5.01. The Morgan fingerprint density at radius 1 is 1.00 bits per heavy atom. The zero-order valence-corrected chi connectivity index (χ0v) is 17.0. The van der Waals surface area contributed by atoms with Crippen LogP contribution in [0.15, 0.2) is 84.9 Å². The van der Waals surface area contributed by atoms with Gasteiger partial charge in [0, 0.05) is 12.1 Å². The summed E-state index contributed by atoms with van der Waals surface area (Å²) in [6.07, 6.45) is -0.607. The topological polar surface area (TPSA) is 81.9 Å². The van der Waals surface area contributed by atoms with E-state index in [1.807, 2.05) is 60.7 Å². The number of para-hydroxylation sites is 1. The van der Waals surface area contributed by atoms with Gasteiger partial charge in [0.2, 0.25) is 0 Å². The molecule has 0 aromatic heterocycles. The van der Waals surface area contributed by atoms with Crippen molar-refractivity contribution >= 4 is 17.3 Å². The fourth-order valence-electron chi connectivity index (χ4n) is 3.93. The second kappa shape index (κ2) is 8.97. The van der Waals surface area contributed by atoms with Crippen molar-refractivity contribution in [2.45, 2.75) is 19.1 Å². The van der Waals surface area contributed by atoms with Gasteiger partial charge in [0.15, 0.2) is 0 Å². The monoisotopic (exact) mass is 418 g/mol. The van der Waals surface area contributed by atoms with Gasteiger partial charge in [0.25, 0.3) is 5.69 Å². The summed E-state index contributed by atoms with van der Waals surface area (Å²) in [6.45, 7) is 1.98. The minimum atomic E-state index is -0.718. The van der Waals surface area contributed by atoms with Gasteiger partial charge in [0.1, 0.15) is 12.0 Å². The lowest BCUT2D eigenvalue weighted by atomic mass is 9.86. The summed E-state index contributed by atoms with van der Waals surface area (Å²) in [7, 11) is 0. The molecule has 1 saturated heterocycles. The molecule has 31 heavy (non-hydrogen) atoms. The summed E-state index contributed by atoms with van der Waals surface area (Å²) in [6, 6.07) is 24.6. The first kappa shape index (κ1) is 20.6. The number of nitro benzene ring substituents is 1. The van der Waals surface area contributed by atoms with Gasteiger partial charge in [0.05, 0.1) is 23.3 Å². The maximum atomic E-state index is 13.1. The molecule has 0 saturated carbocycles. The van der Waals surface area contributed by atoms with Crippen molar-refractivity contribution in [1.29, 1.82) is 0 Å². The van der Waals surface area contributed by atoms with Crippen LogP contribution in [0.4, 0.5) is 11.4 Å². The van der Waals surface area contributed by atoms with Crippen LogP contribution in [0.1, 0.15) is 30.2 Å². The van der Waals surface area contributed by atoms with Gasteiger partial charge in [-0.05, 0) is 30.2 Å². The number of hydroxylamine groups is 1. The van der Waals surface area contributed by atoms with Crippen molar-refractivity contribution in [1.82, 2.24) is 0 Å². The molecule has 0 amide bonds. The van der Waals surface area contributed by atoms with Crippen LogP contribution in [-0.4, -0.2) is 17.5 Å². The summed E-state index contributed by atoms with van der Waals surface area (Å²) >= 11 is 0. The largest absolute Gasteiger partial charge is 0.466 e. The number of benzene rings is 3. The average molecular weight is 418 g/mol. The first-order chi connectivity index (χ1) is 15.1. The van der Waals surface area contributed by atoms with Crippen molar-refractivity contribution in [2.24, 2.45) is 5.92 Å². The quantitative estimate of drug-likeness (QED) is 0.318. The fourth-order valence-corrected chi connectivity index (χ4v) is 3.93. The molecule has 1 aliphatic rings. The normalized spacial score (nSPS) is 20.4. The molecule has 0 spiro atoms. The van der Waals surface area contributed by atoms with E-state index >= 15 is 0 Å². The van der Waals surface area contributed by atoms with Crippen molar-refractivity contribution in [3.63, 3.8) is 0 Å². The molecule has 3 aromatic carbocycles. The minimum absolute atomic E-state index is 0.0451. The molecule has 0 bridgehead atoms. The lowest BCUT2D eigenvalue weighted by Gasteiger charge is -2.26. The summed E-state index contributed by atoms with van der Waals surface area (Å²) in [5.74, 6) is -1.13. The minimum Gasteiger partial charge on any atom is -0.466 e. The maximum absolute atomic E-state index is 13.1. The smallest absolute Gasteiger partial charge is 0.314 e. The molecule has 7 heteroatoms. The Balaban J connectivity index is 1.87. The summed E-state index contributed by atoms with van der Waals surface area (Å²) in [4.78, 5) is 30.4. The maximum Gasteiger partial charge on any atom is 0.314 e. The molecule has 3 aromatic rings. The number of carbonyl (C=O) groups is 1. The van der Waals surface area contributed by atoms with Crippen LogP contribution >= 0.6 is 0 Å². The molecule has 3 unspecified atom stereocenters. The van der Waals surface area contributed by atoms with Gasteiger partial charge in [-0.3, -0.25) is 19.7 Å². The molecule has 158 valence electrons. The number of nitrogens with zero attached hydrogens (tertiary/aromatic N) is 2. The van der Waals surface area contributed by atoms with E-state index in [-0.39, 0.29) is 12.3 Å². The lowest BCUT2D eigenvalue weighted by molar-refractivity contribution is -0.384. The Kier molecular flexibility index (Phi) is 5.95. The second-order valence-electron chi connectivity index (χ2n) is 7.17. The fraction of sp³-hybridized carbons (Fsp3) is 0.208. The first-order valence-corrected chi connectivity index (χ1v) is 10.1. The van der Waals surface area contributed by atoms with Crippen LogP contribution in [0.25, 0.3) is 0 Å². The van der Waals surface area contributed by atoms with Crippen molar-refractivity contribution < 1.29 is 19.3 Å². The molecular weight excluding hydrogens is 396 g/mol. The van der Waals surface area contributed by atoms with Gasteiger partial charge in [-0.2, -0.15) is 0 Å². The van der Waals surface area contributed by atoms with Crippen LogP contribution in [-0.2, 0) is 14.4 Å². The number of carbonyl (C=O) groups excluding carboxylic acids is 1. The van der Waals surface area contributed by atoms with Gasteiger partial charge in [-0.1, -0.05) is 60.7 Å². The third kappa shape index (κ3) is 4.13. The molecule has 0 aliphatic carbocycles. The van der Waals surface area contributed by atoms with E-state index in [2.05, 4.69) is 0 Å². The predicted molar refractivity (Wildman–Crippen MR) is 115 cm³/mol. The van der Waals surface area contributed by atoms with E-state index in [9.17, 15) is 14.9 Å². The van der Waals surface area contributed by atoms with Crippen LogP contribution < -0.4 is 5.06 Å². The molecular formula is C24H22N2O5. The number of hydrogen-bond acceptors (Lipinski definition) is 6. The average Bonchev–Trinajstić information content (AvgIpc) is 3.21. The van der Waals surface area contributed by atoms with E-state index in [1.165, 1.54) is 12.1 Å². The Morgan fingerprint density at radius 2 is 1.65 bits per heavy atom. The highest BCUT2D eigenvalue weighted by atomic mass is 16.7. The molecule has 1 heterocycles. The number of anilines is 1. The Bertz CT molecular complexity index is 1060. The molecule has 7 nitrogen and oxygen atoms in total. The van der Waals surface area contributed by atoms with Gasteiger partial charge >= 0.3 is 5.97 Å². The first-order valence-electron chi connectivity index (χ1n) is 10.1. The Hall–Kier alpha value is -3.71. The highest BCUT2D eigenvalue weighted by Gasteiger charge is 2.50. The zero-order valence-electron chi connectivity index (χ0n) is 17.0. The Morgan fingerprint density at radius 3 is 2.29 bits per heavy atom. The number of esters is 1. The van der Waals surface area contributed by atoms with Crippen molar-refractivity contribution in [3.8, 4) is 0 Å². The van der Waals surface area contributed by atoms with Crippen LogP contribution in [0.3, 0.4) is 0 Å². The number of non-ortho nitro benzene ring substituents is 1. The Labute approximate surface area is 179 Å². The third-order valence-corrected chi connectivity index (χ3v) is 5.27. The number of nitro groups is 1. The number of hydrogen-bond donors (Lipinski definition) is 0.